The number of nitrogens with one attached hydrogen (secondary N) is 2. The van der Waals surface area contributed by atoms with Crippen LogP contribution in [0.5, 0.6) is 0 Å². The zero-order valence-electron chi connectivity index (χ0n) is 12.7. The molecule has 5 nitrogen and oxygen atoms in total. The van der Waals surface area contributed by atoms with E-state index < -0.39 is 5.60 Å². The van der Waals surface area contributed by atoms with Gasteiger partial charge in [-0.15, -0.1) is 0 Å². The number of aliphatic hydroxyl groups is 1. The molecule has 4 rings (SSSR count). The third-order valence-corrected chi connectivity index (χ3v) is 5.22. The maximum Gasteiger partial charge on any atom is 0.317 e. The smallest absolute Gasteiger partial charge is 0.317 e. The van der Waals surface area contributed by atoms with Crippen LogP contribution in [0.4, 0.5) is 4.79 Å². The van der Waals surface area contributed by atoms with Gasteiger partial charge in [0.15, 0.2) is 0 Å². The molecule has 3 N–H and O–H groups in total. The second-order valence-corrected chi connectivity index (χ2v) is 6.97. The van der Waals surface area contributed by atoms with Crippen molar-refractivity contribution in [3.05, 3.63) is 35.4 Å². The molecule has 5 heteroatoms. The summed E-state index contributed by atoms with van der Waals surface area (Å²) in [6.07, 6.45) is 3.16. The van der Waals surface area contributed by atoms with Gasteiger partial charge in [0.2, 0.25) is 0 Å². The van der Waals surface area contributed by atoms with Crippen LogP contribution in [0.3, 0.4) is 0 Å². The molecule has 3 aliphatic rings. The first-order valence-electron chi connectivity index (χ1n) is 8.19. The maximum atomic E-state index is 12.1. The van der Waals surface area contributed by atoms with E-state index in [4.69, 9.17) is 0 Å². The fourth-order valence-electron chi connectivity index (χ4n) is 3.62. The summed E-state index contributed by atoms with van der Waals surface area (Å²) in [6, 6.07) is 8.67. The number of hydrogen-bond acceptors (Lipinski definition) is 3. The average molecular weight is 301 g/mol. The molecule has 2 heterocycles. The van der Waals surface area contributed by atoms with Gasteiger partial charge >= 0.3 is 6.03 Å². The average Bonchev–Trinajstić information content (AvgIpc) is 3.34. The number of likely N-dealkylation sites (tertiary alicyclic amines) is 1. The minimum absolute atomic E-state index is 0.0500. The lowest BCUT2D eigenvalue weighted by molar-refractivity contribution is -0.0918. The molecule has 1 saturated carbocycles. The number of hydrogen-bond donors (Lipinski definition) is 3. The van der Waals surface area contributed by atoms with E-state index in [1.165, 1.54) is 11.1 Å². The van der Waals surface area contributed by atoms with Crippen molar-refractivity contribution < 1.29 is 9.90 Å². The van der Waals surface area contributed by atoms with Crippen molar-refractivity contribution in [2.24, 2.45) is 5.92 Å². The molecule has 1 saturated heterocycles. The van der Waals surface area contributed by atoms with Crippen LogP contribution in [-0.4, -0.2) is 47.3 Å². The van der Waals surface area contributed by atoms with Gasteiger partial charge in [0.1, 0.15) is 5.60 Å². The molecular weight excluding hydrogens is 278 g/mol. The van der Waals surface area contributed by atoms with Crippen molar-refractivity contribution in [3.63, 3.8) is 0 Å². The fourth-order valence-corrected chi connectivity index (χ4v) is 3.62. The molecule has 1 aliphatic carbocycles. The van der Waals surface area contributed by atoms with Crippen LogP contribution in [0.25, 0.3) is 0 Å². The van der Waals surface area contributed by atoms with Gasteiger partial charge in [-0.05, 0) is 36.3 Å². The van der Waals surface area contributed by atoms with Gasteiger partial charge in [-0.2, -0.15) is 0 Å². The monoisotopic (exact) mass is 301 g/mol. The Balaban J connectivity index is 1.25. The van der Waals surface area contributed by atoms with Gasteiger partial charge in [0.05, 0.1) is 13.1 Å². The van der Waals surface area contributed by atoms with E-state index in [1.54, 1.807) is 4.90 Å². The zero-order chi connectivity index (χ0) is 15.2. The number of nitrogens with zero attached hydrogens (tertiary/aromatic N) is 1. The number of carbonyl (C=O) groups excluding carboxylic acids is 1. The lowest BCUT2D eigenvalue weighted by Gasteiger charge is -2.46. The van der Waals surface area contributed by atoms with Gasteiger partial charge in [0.25, 0.3) is 0 Å². The minimum Gasteiger partial charge on any atom is -0.386 e. The van der Waals surface area contributed by atoms with Gasteiger partial charge in [-0.25, -0.2) is 4.79 Å². The van der Waals surface area contributed by atoms with Crippen LogP contribution in [0.1, 0.15) is 24.0 Å². The Kier molecular flexibility index (Phi) is 3.35. The Hall–Kier alpha value is -1.59. The summed E-state index contributed by atoms with van der Waals surface area (Å²) in [5.74, 6) is 0.424. The number of urea groups is 1. The SMILES string of the molecule is O=C(NCC1Cc2ccccc2CN1)N1CC(O)(C2CC2)C1. The van der Waals surface area contributed by atoms with Gasteiger partial charge in [-0.3, -0.25) is 0 Å². The highest BCUT2D eigenvalue weighted by atomic mass is 16.3. The van der Waals surface area contributed by atoms with Gasteiger partial charge < -0.3 is 20.6 Å². The molecule has 118 valence electrons. The first-order chi connectivity index (χ1) is 10.6. The molecule has 0 aromatic heterocycles. The van der Waals surface area contributed by atoms with Crippen LogP contribution >= 0.6 is 0 Å². The van der Waals surface area contributed by atoms with Crippen LogP contribution < -0.4 is 10.6 Å². The van der Waals surface area contributed by atoms with Crippen molar-refractivity contribution in [2.75, 3.05) is 19.6 Å². The standard InChI is InChI=1S/C17H23N3O2/c21-16(20-10-17(22,11-20)14-5-6-14)19-9-15-7-12-3-1-2-4-13(12)8-18-15/h1-4,14-15,18,22H,5-11H2,(H,19,21). The predicted octanol–water partition coefficient (Wildman–Crippen LogP) is 0.867. The highest BCUT2D eigenvalue weighted by Gasteiger charge is 2.53. The lowest BCUT2D eigenvalue weighted by atomic mass is 9.89. The highest BCUT2D eigenvalue weighted by molar-refractivity contribution is 5.75. The Morgan fingerprint density at radius 2 is 2.05 bits per heavy atom. The number of rotatable bonds is 3. The molecular formula is C17H23N3O2. The maximum absolute atomic E-state index is 12.1. The Morgan fingerprint density at radius 1 is 1.32 bits per heavy atom. The molecule has 2 aliphatic heterocycles. The first kappa shape index (κ1) is 14.0. The summed E-state index contributed by atoms with van der Waals surface area (Å²) in [5, 5.41) is 16.7. The molecule has 0 bridgehead atoms. The minimum atomic E-state index is -0.598. The molecule has 22 heavy (non-hydrogen) atoms. The van der Waals surface area contributed by atoms with Crippen molar-refractivity contribution in [1.29, 1.82) is 0 Å². The molecule has 2 fully saturated rings. The Morgan fingerprint density at radius 3 is 2.77 bits per heavy atom. The van der Waals surface area contributed by atoms with Crippen LogP contribution in [0.2, 0.25) is 0 Å². The zero-order valence-corrected chi connectivity index (χ0v) is 12.7. The molecule has 0 spiro atoms. The molecule has 1 atom stereocenters. The van der Waals surface area contributed by atoms with E-state index in [0.29, 0.717) is 25.6 Å². The normalized spacial score (nSPS) is 26.0. The quantitative estimate of drug-likeness (QED) is 0.776. The number of β-amino-alcohol motifs (C(OH)–C–C–N with tert-alkyl or cyclic N) is 1. The largest absolute Gasteiger partial charge is 0.386 e. The Bertz CT molecular complexity index is 579. The van der Waals surface area contributed by atoms with E-state index >= 15 is 0 Å². The van der Waals surface area contributed by atoms with E-state index in [-0.39, 0.29) is 12.1 Å². The second kappa shape index (κ2) is 5.25. The first-order valence-corrected chi connectivity index (χ1v) is 8.19. The van der Waals surface area contributed by atoms with E-state index in [9.17, 15) is 9.90 Å². The van der Waals surface area contributed by atoms with Crippen molar-refractivity contribution in [2.45, 2.75) is 37.5 Å². The van der Waals surface area contributed by atoms with Crippen molar-refractivity contribution >= 4 is 6.03 Å². The van der Waals surface area contributed by atoms with Crippen LogP contribution in [0.15, 0.2) is 24.3 Å². The third kappa shape index (κ3) is 2.59. The van der Waals surface area contributed by atoms with Crippen molar-refractivity contribution in [1.82, 2.24) is 15.5 Å². The summed E-state index contributed by atoms with van der Waals surface area (Å²) in [4.78, 5) is 13.8. The second-order valence-electron chi connectivity index (χ2n) is 6.97. The number of amides is 2. The Labute approximate surface area is 130 Å². The number of benzene rings is 1. The summed E-state index contributed by atoms with van der Waals surface area (Å²) in [7, 11) is 0. The van der Waals surface area contributed by atoms with Crippen LogP contribution in [-0.2, 0) is 13.0 Å². The highest BCUT2D eigenvalue weighted by Crippen LogP contribution is 2.44. The number of fused-ring (bicyclic) bond motifs is 1. The molecule has 1 aromatic rings. The van der Waals surface area contributed by atoms with Gasteiger partial charge in [0, 0.05) is 19.1 Å². The summed E-state index contributed by atoms with van der Waals surface area (Å²) < 4.78 is 0. The predicted molar refractivity (Wildman–Crippen MR) is 83.4 cm³/mol. The summed E-state index contributed by atoms with van der Waals surface area (Å²) in [5.41, 5.74) is 2.12. The molecule has 0 radical (unpaired) electrons. The lowest BCUT2D eigenvalue weighted by Crippen LogP contribution is -2.66. The third-order valence-electron chi connectivity index (χ3n) is 5.22. The van der Waals surface area contributed by atoms with E-state index in [2.05, 4.69) is 34.9 Å². The van der Waals surface area contributed by atoms with E-state index in [0.717, 1.165) is 25.8 Å². The molecule has 2 amide bonds. The summed E-state index contributed by atoms with van der Waals surface area (Å²) >= 11 is 0. The molecule has 1 aromatic carbocycles. The van der Waals surface area contributed by atoms with E-state index in [1.807, 2.05) is 0 Å². The van der Waals surface area contributed by atoms with Crippen molar-refractivity contribution in [3.8, 4) is 0 Å². The summed E-state index contributed by atoms with van der Waals surface area (Å²) in [6.45, 7) is 2.47. The molecule has 1 unspecified atom stereocenters. The van der Waals surface area contributed by atoms with Crippen LogP contribution in [0, 0.1) is 5.92 Å². The fraction of sp³-hybridized carbons (Fsp3) is 0.588. The number of carbonyl (C=O) groups is 1. The van der Waals surface area contributed by atoms with Gasteiger partial charge in [-0.1, -0.05) is 24.3 Å². The topological polar surface area (TPSA) is 64.6 Å².